The monoisotopic (exact) mass is 367 g/mol. The fraction of sp³-hybridized carbons (Fsp3) is 0.250. The van der Waals surface area contributed by atoms with E-state index in [9.17, 15) is 14.4 Å². The molecule has 3 amide bonds. The predicted octanol–water partition coefficient (Wildman–Crippen LogP) is 1.56. The summed E-state index contributed by atoms with van der Waals surface area (Å²) in [4.78, 5) is 38.6. The van der Waals surface area contributed by atoms with Crippen LogP contribution in [0.25, 0.3) is 0 Å². The summed E-state index contributed by atoms with van der Waals surface area (Å²) >= 11 is 0. The Kier molecular flexibility index (Phi) is 5.40. The molecule has 0 atom stereocenters. The SMILES string of the molecule is Cc1cccc(Oc2ccccc2C(=O)N2CCN(C(=O)C(N)=O)CC2)c1. The summed E-state index contributed by atoms with van der Waals surface area (Å²) in [5, 5.41) is 0. The first kappa shape index (κ1) is 18.4. The minimum atomic E-state index is -0.980. The van der Waals surface area contributed by atoms with Crippen LogP contribution in [0, 0.1) is 6.92 Å². The summed E-state index contributed by atoms with van der Waals surface area (Å²) in [6.45, 7) is 3.17. The number of rotatable bonds is 3. The van der Waals surface area contributed by atoms with E-state index in [2.05, 4.69) is 0 Å². The van der Waals surface area contributed by atoms with E-state index in [4.69, 9.17) is 10.5 Å². The number of para-hydroxylation sites is 1. The Morgan fingerprint density at radius 1 is 0.926 bits per heavy atom. The van der Waals surface area contributed by atoms with Crippen LogP contribution in [-0.4, -0.2) is 53.7 Å². The molecule has 2 aromatic rings. The summed E-state index contributed by atoms with van der Waals surface area (Å²) in [5.41, 5.74) is 6.54. The second kappa shape index (κ2) is 7.90. The molecule has 0 unspecified atom stereocenters. The van der Waals surface area contributed by atoms with Gasteiger partial charge in [0, 0.05) is 26.2 Å². The number of hydrogen-bond donors (Lipinski definition) is 1. The van der Waals surface area contributed by atoms with Gasteiger partial charge in [-0.15, -0.1) is 0 Å². The zero-order valence-corrected chi connectivity index (χ0v) is 15.1. The van der Waals surface area contributed by atoms with Gasteiger partial charge in [-0.1, -0.05) is 24.3 Å². The third-order valence-corrected chi connectivity index (χ3v) is 4.40. The molecule has 1 heterocycles. The van der Waals surface area contributed by atoms with Crippen molar-refractivity contribution in [1.29, 1.82) is 0 Å². The summed E-state index contributed by atoms with van der Waals surface area (Å²) < 4.78 is 5.92. The highest BCUT2D eigenvalue weighted by Crippen LogP contribution is 2.27. The lowest BCUT2D eigenvalue weighted by Gasteiger charge is -2.34. The molecule has 0 radical (unpaired) electrons. The van der Waals surface area contributed by atoms with Crippen LogP contribution >= 0.6 is 0 Å². The molecule has 0 saturated carbocycles. The van der Waals surface area contributed by atoms with E-state index in [-0.39, 0.29) is 19.0 Å². The van der Waals surface area contributed by atoms with E-state index in [1.165, 1.54) is 4.90 Å². The molecule has 140 valence electrons. The predicted molar refractivity (Wildman–Crippen MR) is 99.4 cm³/mol. The van der Waals surface area contributed by atoms with Gasteiger partial charge in [-0.25, -0.2) is 0 Å². The Hall–Kier alpha value is -3.35. The van der Waals surface area contributed by atoms with Gasteiger partial charge in [-0.2, -0.15) is 0 Å². The quantitative estimate of drug-likeness (QED) is 0.833. The maximum Gasteiger partial charge on any atom is 0.311 e. The number of nitrogens with zero attached hydrogens (tertiary/aromatic N) is 2. The molecule has 0 spiro atoms. The first-order valence-electron chi connectivity index (χ1n) is 8.67. The lowest BCUT2D eigenvalue weighted by atomic mass is 10.1. The Balaban J connectivity index is 1.73. The Morgan fingerprint density at radius 3 is 2.26 bits per heavy atom. The molecule has 0 bridgehead atoms. The maximum atomic E-state index is 12.9. The minimum absolute atomic E-state index is 0.176. The molecule has 1 saturated heterocycles. The van der Waals surface area contributed by atoms with Crippen LogP contribution in [0.2, 0.25) is 0 Å². The molecule has 7 heteroatoms. The third kappa shape index (κ3) is 4.25. The smallest absolute Gasteiger partial charge is 0.311 e. The molecule has 0 aliphatic carbocycles. The molecule has 0 aromatic heterocycles. The topological polar surface area (TPSA) is 92.9 Å². The van der Waals surface area contributed by atoms with Crippen molar-refractivity contribution < 1.29 is 19.1 Å². The van der Waals surface area contributed by atoms with Gasteiger partial charge in [0.15, 0.2) is 0 Å². The van der Waals surface area contributed by atoms with Crippen LogP contribution in [0.15, 0.2) is 48.5 Å². The highest BCUT2D eigenvalue weighted by atomic mass is 16.5. The van der Waals surface area contributed by atoms with Gasteiger partial charge in [0.2, 0.25) is 0 Å². The number of amides is 3. The number of piperazine rings is 1. The van der Waals surface area contributed by atoms with Crippen molar-refractivity contribution in [3.8, 4) is 11.5 Å². The summed E-state index contributed by atoms with van der Waals surface area (Å²) in [5.74, 6) is -0.739. The number of carbonyl (C=O) groups is 3. The van der Waals surface area contributed by atoms with E-state index < -0.39 is 11.8 Å². The standard InChI is InChI=1S/C20H21N3O4/c1-14-5-4-6-15(13-14)27-17-8-3-2-7-16(17)19(25)22-9-11-23(12-10-22)20(26)18(21)24/h2-8,13H,9-12H2,1H3,(H2,21,24). The van der Waals surface area contributed by atoms with Crippen molar-refractivity contribution in [3.63, 3.8) is 0 Å². The van der Waals surface area contributed by atoms with E-state index in [0.29, 0.717) is 30.2 Å². The Morgan fingerprint density at radius 2 is 1.59 bits per heavy atom. The molecule has 1 fully saturated rings. The van der Waals surface area contributed by atoms with E-state index in [1.54, 1.807) is 23.1 Å². The van der Waals surface area contributed by atoms with E-state index >= 15 is 0 Å². The number of nitrogens with two attached hydrogens (primary N) is 1. The summed E-state index contributed by atoms with van der Waals surface area (Å²) in [6, 6.07) is 14.7. The van der Waals surface area contributed by atoms with Crippen LogP contribution in [0.5, 0.6) is 11.5 Å². The molecule has 2 aromatic carbocycles. The summed E-state index contributed by atoms with van der Waals surface area (Å²) in [7, 11) is 0. The van der Waals surface area contributed by atoms with Gasteiger partial charge in [0.25, 0.3) is 5.91 Å². The molecule has 2 N–H and O–H groups in total. The molecule has 27 heavy (non-hydrogen) atoms. The first-order valence-corrected chi connectivity index (χ1v) is 8.67. The zero-order chi connectivity index (χ0) is 19.4. The van der Waals surface area contributed by atoms with Crippen LogP contribution in [-0.2, 0) is 9.59 Å². The van der Waals surface area contributed by atoms with Gasteiger partial charge in [0.1, 0.15) is 11.5 Å². The van der Waals surface area contributed by atoms with Crippen molar-refractivity contribution in [1.82, 2.24) is 9.80 Å². The molecule has 1 aliphatic rings. The van der Waals surface area contributed by atoms with E-state index in [0.717, 1.165) is 5.56 Å². The zero-order valence-electron chi connectivity index (χ0n) is 15.1. The van der Waals surface area contributed by atoms with Gasteiger partial charge in [-0.05, 0) is 36.8 Å². The van der Waals surface area contributed by atoms with Gasteiger partial charge in [0.05, 0.1) is 5.56 Å². The van der Waals surface area contributed by atoms with Crippen molar-refractivity contribution >= 4 is 17.7 Å². The van der Waals surface area contributed by atoms with Gasteiger partial charge in [-0.3, -0.25) is 14.4 Å². The fourth-order valence-electron chi connectivity index (χ4n) is 2.98. The summed E-state index contributed by atoms with van der Waals surface area (Å²) in [6.07, 6.45) is 0. The van der Waals surface area contributed by atoms with Crippen molar-refractivity contribution in [2.24, 2.45) is 5.73 Å². The fourth-order valence-corrected chi connectivity index (χ4v) is 2.98. The van der Waals surface area contributed by atoms with Crippen molar-refractivity contribution in [2.75, 3.05) is 26.2 Å². The van der Waals surface area contributed by atoms with E-state index in [1.807, 2.05) is 37.3 Å². The van der Waals surface area contributed by atoms with Crippen molar-refractivity contribution in [2.45, 2.75) is 6.92 Å². The first-order chi connectivity index (χ1) is 13.0. The third-order valence-electron chi connectivity index (χ3n) is 4.40. The molecular formula is C20H21N3O4. The van der Waals surface area contributed by atoms with Crippen molar-refractivity contribution in [3.05, 3.63) is 59.7 Å². The van der Waals surface area contributed by atoms with Gasteiger partial charge >= 0.3 is 11.8 Å². The lowest BCUT2D eigenvalue weighted by Crippen LogP contribution is -2.53. The van der Waals surface area contributed by atoms with Crippen LogP contribution in [0.3, 0.4) is 0 Å². The Bertz CT molecular complexity index is 873. The van der Waals surface area contributed by atoms with Crippen LogP contribution < -0.4 is 10.5 Å². The second-order valence-electron chi connectivity index (χ2n) is 6.36. The highest BCUT2D eigenvalue weighted by Gasteiger charge is 2.28. The number of hydrogen-bond acceptors (Lipinski definition) is 4. The largest absolute Gasteiger partial charge is 0.457 e. The number of carbonyl (C=O) groups excluding carboxylic acids is 3. The van der Waals surface area contributed by atoms with Crippen LogP contribution in [0.1, 0.15) is 15.9 Å². The highest BCUT2D eigenvalue weighted by molar-refractivity contribution is 6.34. The number of aryl methyl sites for hydroxylation is 1. The molecule has 1 aliphatic heterocycles. The lowest BCUT2D eigenvalue weighted by molar-refractivity contribution is -0.145. The molecule has 7 nitrogen and oxygen atoms in total. The number of primary amides is 1. The number of benzene rings is 2. The molecule has 3 rings (SSSR count). The van der Waals surface area contributed by atoms with Gasteiger partial charge < -0.3 is 20.3 Å². The maximum absolute atomic E-state index is 12.9. The average Bonchev–Trinajstić information content (AvgIpc) is 2.67. The molecular weight excluding hydrogens is 346 g/mol. The second-order valence-corrected chi connectivity index (χ2v) is 6.36. The average molecular weight is 367 g/mol. The number of ether oxygens (including phenoxy) is 1. The van der Waals surface area contributed by atoms with Crippen LogP contribution in [0.4, 0.5) is 0 Å². The normalized spacial score (nSPS) is 14.0. The Labute approximate surface area is 157 Å². The minimum Gasteiger partial charge on any atom is -0.457 e.